The lowest BCUT2D eigenvalue weighted by Gasteiger charge is -2.40. The Labute approximate surface area is 227 Å². The smallest absolute Gasteiger partial charge is 0.253 e. The number of ketones is 1. The van der Waals surface area contributed by atoms with Gasteiger partial charge in [0.05, 0.1) is 5.41 Å². The van der Waals surface area contributed by atoms with E-state index in [1.165, 1.54) is 0 Å². The fraction of sp³-hybridized carbons (Fsp3) is 0.394. The van der Waals surface area contributed by atoms with Gasteiger partial charge in [-0.25, -0.2) is 0 Å². The summed E-state index contributed by atoms with van der Waals surface area (Å²) in [5, 5.41) is 0. The van der Waals surface area contributed by atoms with E-state index >= 15 is 0 Å². The van der Waals surface area contributed by atoms with Crippen molar-refractivity contribution >= 4 is 11.7 Å². The summed E-state index contributed by atoms with van der Waals surface area (Å²) in [6, 6.07) is 26.3. The van der Waals surface area contributed by atoms with E-state index in [4.69, 9.17) is 4.74 Å². The first-order valence-electron chi connectivity index (χ1n) is 13.8. The Bertz CT molecular complexity index is 1190. The molecule has 0 unspecified atom stereocenters. The van der Waals surface area contributed by atoms with Gasteiger partial charge < -0.3 is 9.64 Å². The molecule has 0 atom stereocenters. The number of carbonyl (C=O) groups is 2. The van der Waals surface area contributed by atoms with Gasteiger partial charge in [0.15, 0.2) is 0 Å². The molecule has 1 heterocycles. The number of carbonyl (C=O) groups excluding carboxylic acids is 2. The summed E-state index contributed by atoms with van der Waals surface area (Å²) in [5.41, 5.74) is 3.78. The Morgan fingerprint density at radius 3 is 2.13 bits per heavy atom. The fourth-order valence-electron chi connectivity index (χ4n) is 5.51. The van der Waals surface area contributed by atoms with Gasteiger partial charge >= 0.3 is 0 Å². The number of nitrogens with zero attached hydrogens (tertiary/aromatic N) is 2. The number of ether oxygens (including phenoxy) is 1. The van der Waals surface area contributed by atoms with Gasteiger partial charge in [0.2, 0.25) is 0 Å². The van der Waals surface area contributed by atoms with Crippen LogP contribution in [0, 0.1) is 0 Å². The normalized spacial score (nSPS) is 15.1. The van der Waals surface area contributed by atoms with Gasteiger partial charge in [0.25, 0.3) is 5.91 Å². The number of benzene rings is 3. The second-order valence-corrected chi connectivity index (χ2v) is 10.2. The molecule has 1 fully saturated rings. The molecular weight excluding hydrogens is 472 g/mol. The number of rotatable bonds is 11. The molecule has 1 aliphatic heterocycles. The van der Waals surface area contributed by atoms with Crippen molar-refractivity contribution < 1.29 is 14.3 Å². The third-order valence-corrected chi connectivity index (χ3v) is 7.99. The van der Waals surface area contributed by atoms with E-state index in [0.717, 1.165) is 66.9 Å². The predicted octanol–water partition coefficient (Wildman–Crippen LogP) is 5.76. The van der Waals surface area contributed by atoms with Crippen molar-refractivity contribution in [2.75, 3.05) is 39.3 Å². The Morgan fingerprint density at radius 1 is 0.868 bits per heavy atom. The molecule has 0 aliphatic carbocycles. The highest BCUT2D eigenvalue weighted by molar-refractivity contribution is 5.94. The highest BCUT2D eigenvalue weighted by Crippen LogP contribution is 2.36. The summed E-state index contributed by atoms with van der Waals surface area (Å²) in [6.45, 7) is 10.4. The molecule has 0 aromatic heterocycles. The van der Waals surface area contributed by atoms with Crippen LogP contribution in [0.15, 0.2) is 78.9 Å². The van der Waals surface area contributed by atoms with Gasteiger partial charge in [-0.05, 0) is 81.6 Å². The molecule has 0 radical (unpaired) electrons. The van der Waals surface area contributed by atoms with Crippen LogP contribution in [0.2, 0.25) is 0 Å². The summed E-state index contributed by atoms with van der Waals surface area (Å²) >= 11 is 0. The topological polar surface area (TPSA) is 49.9 Å². The quantitative estimate of drug-likeness (QED) is 0.328. The molecule has 0 saturated carbocycles. The maximum absolute atomic E-state index is 12.7. The van der Waals surface area contributed by atoms with Gasteiger partial charge in [0.1, 0.15) is 18.1 Å². The lowest BCUT2D eigenvalue weighted by atomic mass is 9.70. The van der Waals surface area contributed by atoms with Crippen LogP contribution in [0.3, 0.4) is 0 Å². The first-order valence-corrected chi connectivity index (χ1v) is 13.8. The van der Waals surface area contributed by atoms with E-state index in [-0.39, 0.29) is 17.1 Å². The van der Waals surface area contributed by atoms with Crippen LogP contribution in [0.5, 0.6) is 5.75 Å². The molecule has 0 N–H and O–H groups in total. The van der Waals surface area contributed by atoms with Crippen molar-refractivity contribution in [3.63, 3.8) is 0 Å². The zero-order valence-corrected chi connectivity index (χ0v) is 23.0. The van der Waals surface area contributed by atoms with E-state index in [2.05, 4.69) is 23.1 Å². The summed E-state index contributed by atoms with van der Waals surface area (Å²) < 4.78 is 6.25. The molecule has 5 nitrogen and oxygen atoms in total. The maximum Gasteiger partial charge on any atom is 0.253 e. The fourth-order valence-corrected chi connectivity index (χ4v) is 5.51. The standard InChI is InChI=1S/C33H40N2O3/c1-4-35(5-2)32(37)28-17-15-27(16-18-28)25-29-11-9-10-14-31(29)38-24-23-34-21-19-33(20-22-34,26(3)36)30-12-7-6-8-13-30/h6-18H,4-5,19-25H2,1-3H3. The van der Waals surface area contributed by atoms with E-state index in [1.54, 1.807) is 6.92 Å². The first kappa shape index (κ1) is 27.6. The molecule has 38 heavy (non-hydrogen) atoms. The molecule has 3 aromatic carbocycles. The first-order chi connectivity index (χ1) is 18.5. The Hall–Kier alpha value is -3.44. The van der Waals surface area contributed by atoms with Crippen LogP contribution < -0.4 is 4.74 Å². The molecular formula is C33H40N2O3. The third-order valence-electron chi connectivity index (χ3n) is 7.99. The number of para-hydroxylation sites is 1. The Morgan fingerprint density at radius 2 is 1.50 bits per heavy atom. The van der Waals surface area contributed by atoms with Gasteiger partial charge in [-0.15, -0.1) is 0 Å². The number of piperidine rings is 1. The van der Waals surface area contributed by atoms with Crippen molar-refractivity contribution in [1.82, 2.24) is 9.80 Å². The number of hydrogen-bond acceptors (Lipinski definition) is 4. The van der Waals surface area contributed by atoms with Crippen LogP contribution in [-0.2, 0) is 16.6 Å². The molecule has 1 amide bonds. The van der Waals surface area contributed by atoms with Crippen LogP contribution in [0.1, 0.15) is 60.7 Å². The van der Waals surface area contributed by atoms with Crippen molar-refractivity contribution in [3.8, 4) is 5.75 Å². The highest BCUT2D eigenvalue weighted by Gasteiger charge is 2.40. The van der Waals surface area contributed by atoms with E-state index < -0.39 is 0 Å². The lowest BCUT2D eigenvalue weighted by Crippen LogP contribution is -2.47. The van der Waals surface area contributed by atoms with Crippen LogP contribution in [0.4, 0.5) is 0 Å². The molecule has 0 bridgehead atoms. The van der Waals surface area contributed by atoms with E-state index in [0.29, 0.717) is 19.7 Å². The number of amides is 1. The van der Waals surface area contributed by atoms with Crippen molar-refractivity contribution in [2.24, 2.45) is 0 Å². The van der Waals surface area contributed by atoms with Crippen molar-refractivity contribution in [2.45, 2.75) is 45.4 Å². The van der Waals surface area contributed by atoms with Crippen LogP contribution in [0.25, 0.3) is 0 Å². The summed E-state index contributed by atoms with van der Waals surface area (Å²) in [7, 11) is 0. The molecule has 1 aliphatic rings. The molecule has 4 rings (SSSR count). The van der Waals surface area contributed by atoms with Crippen molar-refractivity contribution in [1.29, 1.82) is 0 Å². The third kappa shape index (κ3) is 6.33. The molecule has 0 spiro atoms. The van der Waals surface area contributed by atoms with E-state index in [1.807, 2.05) is 79.4 Å². The minimum atomic E-state index is -0.364. The van der Waals surface area contributed by atoms with Gasteiger partial charge in [-0.2, -0.15) is 0 Å². The average molecular weight is 513 g/mol. The summed E-state index contributed by atoms with van der Waals surface area (Å²) in [4.78, 5) is 29.5. The van der Waals surface area contributed by atoms with E-state index in [9.17, 15) is 9.59 Å². The number of Topliss-reactive ketones (excluding diaryl/α,β-unsaturated/α-hetero) is 1. The SMILES string of the molecule is CCN(CC)C(=O)c1ccc(Cc2ccccc2OCCN2CCC(C(C)=O)(c3ccccc3)CC2)cc1. The van der Waals surface area contributed by atoms with Gasteiger partial charge in [-0.3, -0.25) is 14.5 Å². The van der Waals surface area contributed by atoms with Crippen LogP contribution in [-0.4, -0.2) is 60.8 Å². The minimum absolute atomic E-state index is 0.0762. The lowest BCUT2D eigenvalue weighted by molar-refractivity contribution is -0.124. The number of likely N-dealkylation sites (tertiary alicyclic amines) is 1. The molecule has 1 saturated heterocycles. The monoisotopic (exact) mass is 512 g/mol. The highest BCUT2D eigenvalue weighted by atomic mass is 16.5. The second-order valence-electron chi connectivity index (χ2n) is 10.2. The second kappa shape index (κ2) is 12.9. The Kier molecular flexibility index (Phi) is 9.35. The molecule has 5 heteroatoms. The van der Waals surface area contributed by atoms with Gasteiger partial charge in [0, 0.05) is 31.6 Å². The maximum atomic E-state index is 12.7. The summed E-state index contributed by atoms with van der Waals surface area (Å²) in [6.07, 6.45) is 2.43. The number of hydrogen-bond donors (Lipinski definition) is 0. The largest absolute Gasteiger partial charge is 0.492 e. The molecule has 200 valence electrons. The van der Waals surface area contributed by atoms with Gasteiger partial charge in [-0.1, -0.05) is 60.7 Å². The molecule has 3 aromatic rings. The van der Waals surface area contributed by atoms with Crippen molar-refractivity contribution in [3.05, 3.63) is 101 Å². The minimum Gasteiger partial charge on any atom is -0.492 e. The zero-order valence-electron chi connectivity index (χ0n) is 23.0. The Balaban J connectivity index is 1.32. The summed E-state index contributed by atoms with van der Waals surface area (Å²) in [5.74, 6) is 1.24. The average Bonchev–Trinajstić information content (AvgIpc) is 2.96. The van der Waals surface area contributed by atoms with Crippen LogP contribution >= 0.6 is 0 Å². The predicted molar refractivity (Wildman–Crippen MR) is 153 cm³/mol. The zero-order chi connectivity index (χ0) is 27.0.